The highest BCUT2D eigenvalue weighted by Crippen LogP contribution is 2.29. The third-order valence-corrected chi connectivity index (χ3v) is 5.27. The summed E-state index contributed by atoms with van der Waals surface area (Å²) in [5.74, 6) is 3.32. The largest absolute Gasteiger partial charge is 0.356 e. The van der Waals surface area contributed by atoms with Crippen LogP contribution in [0.3, 0.4) is 0 Å². The van der Waals surface area contributed by atoms with Crippen LogP contribution in [0.5, 0.6) is 0 Å². The molecule has 2 heterocycles. The van der Waals surface area contributed by atoms with Crippen molar-refractivity contribution in [3.05, 3.63) is 18.2 Å². The Morgan fingerprint density at radius 2 is 2.27 bits per heavy atom. The highest BCUT2D eigenvalue weighted by Gasteiger charge is 2.28. The van der Waals surface area contributed by atoms with E-state index in [9.17, 15) is 0 Å². The lowest BCUT2D eigenvalue weighted by Gasteiger charge is -2.39. The van der Waals surface area contributed by atoms with Gasteiger partial charge in [-0.25, -0.2) is 4.98 Å². The Morgan fingerprint density at radius 3 is 2.91 bits per heavy atom. The van der Waals surface area contributed by atoms with Crippen LogP contribution in [0.15, 0.2) is 17.4 Å². The Labute approximate surface area is 138 Å². The fourth-order valence-electron chi connectivity index (χ4n) is 2.78. The summed E-state index contributed by atoms with van der Waals surface area (Å²) < 4.78 is 2.52. The first-order chi connectivity index (χ1) is 10.5. The van der Waals surface area contributed by atoms with Crippen molar-refractivity contribution in [1.82, 2.24) is 19.8 Å². The Balaban J connectivity index is 1.69. The van der Waals surface area contributed by atoms with E-state index in [1.807, 2.05) is 13.2 Å². The second kappa shape index (κ2) is 7.90. The van der Waals surface area contributed by atoms with E-state index in [4.69, 9.17) is 0 Å². The number of imidazole rings is 1. The molecule has 0 unspecified atom stereocenters. The van der Waals surface area contributed by atoms with Crippen molar-refractivity contribution >= 4 is 17.7 Å². The maximum Gasteiger partial charge on any atom is 0.193 e. The minimum atomic E-state index is 0.314. The van der Waals surface area contributed by atoms with Gasteiger partial charge < -0.3 is 14.8 Å². The first-order valence-electron chi connectivity index (χ1n) is 8.09. The highest BCUT2D eigenvalue weighted by molar-refractivity contribution is 8.00. The molecule has 0 aliphatic carbocycles. The molecule has 1 saturated heterocycles. The molecule has 5 nitrogen and oxygen atoms in total. The Hall–Kier alpha value is -1.17. The van der Waals surface area contributed by atoms with Crippen LogP contribution in [0.1, 0.15) is 32.5 Å². The van der Waals surface area contributed by atoms with E-state index in [0.717, 1.165) is 50.8 Å². The quantitative estimate of drug-likeness (QED) is 0.513. The lowest BCUT2D eigenvalue weighted by molar-refractivity contribution is 0.375. The number of rotatable bonds is 5. The molecule has 2 rings (SSSR count). The molecule has 1 N–H and O–H groups in total. The van der Waals surface area contributed by atoms with Crippen molar-refractivity contribution in [3.8, 4) is 0 Å². The predicted octanol–water partition coefficient (Wildman–Crippen LogP) is 2.37. The van der Waals surface area contributed by atoms with Gasteiger partial charge >= 0.3 is 0 Å². The zero-order chi connectivity index (χ0) is 16.0. The van der Waals surface area contributed by atoms with Crippen molar-refractivity contribution in [3.63, 3.8) is 0 Å². The van der Waals surface area contributed by atoms with Gasteiger partial charge in [0.1, 0.15) is 5.82 Å². The topological polar surface area (TPSA) is 45.5 Å². The maximum atomic E-state index is 4.45. The summed E-state index contributed by atoms with van der Waals surface area (Å²) in [5.41, 5.74) is 0. The monoisotopic (exact) mass is 323 g/mol. The molecule has 0 bridgehead atoms. The number of nitrogens with zero attached hydrogens (tertiary/aromatic N) is 4. The summed E-state index contributed by atoms with van der Waals surface area (Å²) in [6.07, 6.45) is 6.21. The molecular weight excluding hydrogens is 294 g/mol. The second-order valence-electron chi connectivity index (χ2n) is 6.38. The molecule has 1 aliphatic heterocycles. The van der Waals surface area contributed by atoms with E-state index in [0.29, 0.717) is 4.75 Å². The van der Waals surface area contributed by atoms with Crippen molar-refractivity contribution in [2.24, 2.45) is 4.99 Å². The number of thioether (sulfide) groups is 1. The van der Waals surface area contributed by atoms with Crippen LogP contribution in [0.2, 0.25) is 0 Å². The van der Waals surface area contributed by atoms with Crippen LogP contribution in [-0.4, -0.2) is 57.6 Å². The van der Waals surface area contributed by atoms with Gasteiger partial charge in [0.15, 0.2) is 5.96 Å². The summed E-state index contributed by atoms with van der Waals surface area (Å²) in [6, 6.07) is 0. The molecule has 1 aromatic rings. The number of guanidine groups is 1. The Morgan fingerprint density at radius 1 is 1.45 bits per heavy atom. The first-order valence-corrected chi connectivity index (χ1v) is 9.08. The minimum absolute atomic E-state index is 0.314. The van der Waals surface area contributed by atoms with Crippen molar-refractivity contribution in [2.75, 3.05) is 32.4 Å². The van der Waals surface area contributed by atoms with Crippen molar-refractivity contribution < 1.29 is 0 Å². The van der Waals surface area contributed by atoms with E-state index < -0.39 is 0 Å². The summed E-state index contributed by atoms with van der Waals surface area (Å²) >= 11 is 2.05. The van der Waals surface area contributed by atoms with Gasteiger partial charge in [0.05, 0.1) is 0 Å². The SMILES string of the molecule is CN=C(NCCCCn1ccnc1C)N1CCSC(C)(C)C1. The first kappa shape index (κ1) is 17.2. The van der Waals surface area contributed by atoms with Crippen LogP contribution in [0.25, 0.3) is 0 Å². The van der Waals surface area contributed by atoms with Crippen LogP contribution in [0, 0.1) is 6.92 Å². The van der Waals surface area contributed by atoms with Crippen LogP contribution < -0.4 is 5.32 Å². The molecule has 0 aromatic carbocycles. The van der Waals surface area contributed by atoms with Crippen LogP contribution in [0.4, 0.5) is 0 Å². The van der Waals surface area contributed by atoms with E-state index >= 15 is 0 Å². The zero-order valence-corrected chi connectivity index (χ0v) is 15.1. The van der Waals surface area contributed by atoms with Gasteiger partial charge in [0, 0.05) is 56.1 Å². The smallest absolute Gasteiger partial charge is 0.193 e. The summed E-state index contributed by atoms with van der Waals surface area (Å²) in [6.45, 7) is 10.8. The molecular formula is C16H29N5S. The number of hydrogen-bond donors (Lipinski definition) is 1. The van der Waals surface area contributed by atoms with Gasteiger partial charge in [-0.15, -0.1) is 0 Å². The fourth-order valence-corrected chi connectivity index (χ4v) is 3.89. The van der Waals surface area contributed by atoms with Gasteiger partial charge in [0.2, 0.25) is 0 Å². The molecule has 0 spiro atoms. The predicted molar refractivity (Wildman–Crippen MR) is 95.7 cm³/mol. The van der Waals surface area contributed by atoms with E-state index in [-0.39, 0.29) is 0 Å². The summed E-state index contributed by atoms with van der Waals surface area (Å²) in [7, 11) is 1.88. The zero-order valence-electron chi connectivity index (χ0n) is 14.3. The number of unbranched alkanes of at least 4 members (excludes halogenated alkanes) is 1. The van der Waals surface area contributed by atoms with Crippen LogP contribution in [-0.2, 0) is 6.54 Å². The minimum Gasteiger partial charge on any atom is -0.356 e. The number of aliphatic imine (C=N–C) groups is 1. The third-order valence-electron chi connectivity index (χ3n) is 3.97. The number of hydrogen-bond acceptors (Lipinski definition) is 3. The molecule has 0 atom stereocenters. The molecule has 0 saturated carbocycles. The van der Waals surface area contributed by atoms with E-state index in [1.54, 1.807) is 0 Å². The summed E-state index contributed by atoms with van der Waals surface area (Å²) in [5, 5.41) is 3.51. The molecule has 1 fully saturated rings. The van der Waals surface area contributed by atoms with Crippen molar-refractivity contribution in [2.45, 2.75) is 44.9 Å². The average Bonchev–Trinajstić information content (AvgIpc) is 2.87. The molecule has 0 amide bonds. The standard InChI is InChI=1S/C16H29N5S/c1-14-18-8-10-20(14)9-6-5-7-19-15(17-4)21-11-12-22-16(2,3)13-21/h8,10H,5-7,9,11-13H2,1-4H3,(H,17,19). The highest BCUT2D eigenvalue weighted by atomic mass is 32.2. The lowest BCUT2D eigenvalue weighted by atomic mass is 10.2. The molecule has 0 radical (unpaired) electrons. The fraction of sp³-hybridized carbons (Fsp3) is 0.750. The Kier molecular flexibility index (Phi) is 6.17. The summed E-state index contributed by atoms with van der Waals surface area (Å²) in [4.78, 5) is 11.1. The van der Waals surface area contributed by atoms with E-state index in [1.165, 1.54) is 5.75 Å². The normalized spacial score (nSPS) is 18.5. The molecule has 124 valence electrons. The number of aromatic nitrogens is 2. The molecule has 22 heavy (non-hydrogen) atoms. The molecule has 1 aromatic heterocycles. The maximum absolute atomic E-state index is 4.45. The Bertz CT molecular complexity index is 494. The second-order valence-corrected chi connectivity index (χ2v) is 8.18. The van der Waals surface area contributed by atoms with Crippen LogP contribution >= 0.6 is 11.8 Å². The average molecular weight is 324 g/mol. The number of nitrogens with one attached hydrogen (secondary N) is 1. The third kappa shape index (κ3) is 4.93. The lowest BCUT2D eigenvalue weighted by Crippen LogP contribution is -2.51. The van der Waals surface area contributed by atoms with Gasteiger partial charge in [0.25, 0.3) is 0 Å². The van der Waals surface area contributed by atoms with Gasteiger partial charge in [-0.1, -0.05) is 0 Å². The van der Waals surface area contributed by atoms with Gasteiger partial charge in [-0.2, -0.15) is 11.8 Å². The molecule has 6 heteroatoms. The van der Waals surface area contributed by atoms with Crippen molar-refractivity contribution in [1.29, 1.82) is 0 Å². The van der Waals surface area contributed by atoms with Gasteiger partial charge in [-0.05, 0) is 33.6 Å². The number of aryl methyl sites for hydroxylation is 2. The van der Waals surface area contributed by atoms with Gasteiger partial charge in [-0.3, -0.25) is 4.99 Å². The van der Waals surface area contributed by atoms with E-state index in [2.05, 4.69) is 63.5 Å². The molecule has 1 aliphatic rings.